The van der Waals surface area contributed by atoms with E-state index in [-0.39, 0.29) is 30.6 Å². The average Bonchev–Trinajstić information content (AvgIpc) is 2.42. The van der Waals surface area contributed by atoms with Crippen molar-refractivity contribution in [2.24, 2.45) is 0 Å². The van der Waals surface area contributed by atoms with Gasteiger partial charge in [0.1, 0.15) is 5.56 Å². The first-order chi connectivity index (χ1) is 9.47. The fourth-order valence-electron chi connectivity index (χ4n) is 1.65. The fraction of sp³-hybridized carbons (Fsp3) is 0.333. The van der Waals surface area contributed by atoms with Crippen molar-refractivity contribution in [1.82, 2.24) is 5.32 Å². The van der Waals surface area contributed by atoms with Crippen LogP contribution in [0.5, 0.6) is 0 Å². The predicted octanol–water partition coefficient (Wildman–Crippen LogP) is 0.946. The van der Waals surface area contributed by atoms with Crippen LogP contribution in [-0.2, 0) is 16.1 Å². The minimum absolute atomic E-state index is 0.111. The summed E-state index contributed by atoms with van der Waals surface area (Å²) in [5.74, 6) is -1.75. The standard InChI is InChI=1S/C12H14N2O6/c1-20-10(15)5-6-13-7-8-3-2-4-9(14(18)19)11(8)12(16)17/h2-4,13H,5-7H2,1H3,(H,16,17). The number of hydrogen-bond acceptors (Lipinski definition) is 6. The van der Waals surface area contributed by atoms with Crippen molar-refractivity contribution in [3.63, 3.8) is 0 Å². The van der Waals surface area contributed by atoms with Gasteiger partial charge in [0.2, 0.25) is 0 Å². The molecule has 0 spiro atoms. The normalized spacial score (nSPS) is 10.1. The van der Waals surface area contributed by atoms with Gasteiger partial charge in [-0.2, -0.15) is 0 Å². The topological polar surface area (TPSA) is 119 Å². The third-order valence-electron chi connectivity index (χ3n) is 2.59. The summed E-state index contributed by atoms with van der Waals surface area (Å²) in [4.78, 5) is 32.1. The average molecular weight is 282 g/mol. The molecule has 0 saturated heterocycles. The number of carbonyl (C=O) groups is 2. The highest BCUT2D eigenvalue weighted by molar-refractivity contribution is 5.94. The molecule has 0 amide bonds. The Hall–Kier alpha value is -2.48. The number of aromatic carboxylic acids is 1. The third-order valence-corrected chi connectivity index (χ3v) is 2.59. The van der Waals surface area contributed by atoms with Gasteiger partial charge in [0, 0.05) is 19.2 Å². The summed E-state index contributed by atoms with van der Waals surface area (Å²) < 4.78 is 4.45. The van der Waals surface area contributed by atoms with Crippen LogP contribution in [-0.4, -0.2) is 35.6 Å². The van der Waals surface area contributed by atoms with E-state index >= 15 is 0 Å². The molecule has 2 N–H and O–H groups in total. The molecule has 108 valence electrons. The SMILES string of the molecule is COC(=O)CCNCc1cccc([N+](=O)[O-])c1C(=O)O. The lowest BCUT2D eigenvalue weighted by molar-refractivity contribution is -0.385. The van der Waals surface area contributed by atoms with E-state index in [0.717, 1.165) is 6.07 Å². The van der Waals surface area contributed by atoms with Crippen LogP contribution in [0.15, 0.2) is 18.2 Å². The van der Waals surface area contributed by atoms with Gasteiger partial charge in [-0.1, -0.05) is 12.1 Å². The van der Waals surface area contributed by atoms with Gasteiger partial charge in [-0.25, -0.2) is 4.79 Å². The molecule has 1 aromatic rings. The van der Waals surface area contributed by atoms with E-state index in [1.54, 1.807) is 0 Å². The first kappa shape index (κ1) is 15.6. The number of rotatable bonds is 7. The summed E-state index contributed by atoms with van der Waals surface area (Å²) in [5.41, 5.74) is -0.510. The third kappa shape index (κ3) is 4.02. The van der Waals surface area contributed by atoms with E-state index in [9.17, 15) is 19.7 Å². The molecule has 1 rings (SSSR count). The maximum atomic E-state index is 11.1. The highest BCUT2D eigenvalue weighted by Crippen LogP contribution is 2.22. The largest absolute Gasteiger partial charge is 0.477 e. The molecule has 0 aliphatic carbocycles. The number of nitrogens with zero attached hydrogens (tertiary/aromatic N) is 1. The van der Waals surface area contributed by atoms with Crippen LogP contribution in [0.4, 0.5) is 5.69 Å². The summed E-state index contributed by atoms with van der Waals surface area (Å²) in [6.45, 7) is 0.398. The van der Waals surface area contributed by atoms with Gasteiger partial charge < -0.3 is 15.2 Å². The second-order valence-electron chi connectivity index (χ2n) is 3.88. The number of hydrogen-bond donors (Lipinski definition) is 2. The second-order valence-corrected chi connectivity index (χ2v) is 3.88. The van der Waals surface area contributed by atoms with Gasteiger partial charge in [-0.3, -0.25) is 14.9 Å². The Bertz CT molecular complexity index is 529. The Labute approximate surface area is 114 Å². The molecule has 0 heterocycles. The zero-order chi connectivity index (χ0) is 15.1. The number of nitro benzene ring substituents is 1. The monoisotopic (exact) mass is 282 g/mol. The molecule has 1 aromatic carbocycles. The Balaban J connectivity index is 2.79. The molecule has 0 saturated carbocycles. The summed E-state index contributed by atoms with van der Waals surface area (Å²) in [7, 11) is 1.27. The van der Waals surface area contributed by atoms with E-state index in [4.69, 9.17) is 5.11 Å². The van der Waals surface area contributed by atoms with Crippen molar-refractivity contribution in [1.29, 1.82) is 0 Å². The fourth-order valence-corrected chi connectivity index (χ4v) is 1.65. The molecule has 0 bridgehead atoms. The van der Waals surface area contributed by atoms with Crippen molar-refractivity contribution >= 4 is 17.6 Å². The van der Waals surface area contributed by atoms with E-state index in [0.29, 0.717) is 0 Å². The number of nitrogens with one attached hydrogen (secondary N) is 1. The molecular formula is C12H14N2O6. The number of carbonyl (C=O) groups excluding carboxylic acids is 1. The van der Waals surface area contributed by atoms with Crippen LogP contribution >= 0.6 is 0 Å². The number of carboxylic acids is 1. The Kier molecular flexibility index (Phi) is 5.60. The number of carboxylic acid groups (broad SMARTS) is 1. The highest BCUT2D eigenvalue weighted by atomic mass is 16.6. The van der Waals surface area contributed by atoms with E-state index in [1.807, 2.05) is 0 Å². The summed E-state index contributed by atoms with van der Waals surface area (Å²) in [6.07, 6.45) is 0.133. The van der Waals surface area contributed by atoms with Crippen molar-refractivity contribution in [3.8, 4) is 0 Å². The lowest BCUT2D eigenvalue weighted by Crippen LogP contribution is -2.20. The maximum Gasteiger partial charge on any atom is 0.343 e. The van der Waals surface area contributed by atoms with Gasteiger partial charge >= 0.3 is 11.9 Å². The number of methoxy groups -OCH3 is 1. The number of nitro groups is 1. The first-order valence-electron chi connectivity index (χ1n) is 5.74. The van der Waals surface area contributed by atoms with Crippen molar-refractivity contribution in [2.75, 3.05) is 13.7 Å². The Morgan fingerprint density at radius 1 is 1.45 bits per heavy atom. The lowest BCUT2D eigenvalue weighted by atomic mass is 10.1. The zero-order valence-corrected chi connectivity index (χ0v) is 10.8. The molecule has 0 unspecified atom stereocenters. The summed E-state index contributed by atoms with van der Waals surface area (Å²) in [5, 5.41) is 22.7. The van der Waals surface area contributed by atoms with E-state index in [1.165, 1.54) is 19.2 Å². The van der Waals surface area contributed by atoms with Gasteiger partial charge in [0.05, 0.1) is 18.5 Å². The van der Waals surface area contributed by atoms with Gasteiger partial charge in [0.15, 0.2) is 0 Å². The van der Waals surface area contributed by atoms with Crippen molar-refractivity contribution in [3.05, 3.63) is 39.4 Å². The molecule has 8 nitrogen and oxygen atoms in total. The highest BCUT2D eigenvalue weighted by Gasteiger charge is 2.22. The molecule has 0 atom stereocenters. The van der Waals surface area contributed by atoms with Gasteiger partial charge in [-0.05, 0) is 5.56 Å². The van der Waals surface area contributed by atoms with Crippen LogP contribution in [0.2, 0.25) is 0 Å². The smallest absolute Gasteiger partial charge is 0.343 e. The van der Waals surface area contributed by atoms with Gasteiger partial charge in [-0.15, -0.1) is 0 Å². The summed E-state index contributed by atoms with van der Waals surface area (Å²) >= 11 is 0. The maximum absolute atomic E-state index is 11.1. The Morgan fingerprint density at radius 3 is 2.70 bits per heavy atom. The quantitative estimate of drug-likeness (QED) is 0.330. The zero-order valence-electron chi connectivity index (χ0n) is 10.8. The minimum atomic E-state index is -1.36. The van der Waals surface area contributed by atoms with Crippen LogP contribution in [0.1, 0.15) is 22.3 Å². The molecule has 8 heteroatoms. The first-order valence-corrected chi connectivity index (χ1v) is 5.74. The molecule has 0 aliphatic heterocycles. The van der Waals surface area contributed by atoms with E-state index in [2.05, 4.69) is 10.1 Å². The molecule has 0 fully saturated rings. The molecule has 20 heavy (non-hydrogen) atoms. The number of esters is 1. The Morgan fingerprint density at radius 2 is 2.15 bits per heavy atom. The predicted molar refractivity (Wildman–Crippen MR) is 68.4 cm³/mol. The summed E-state index contributed by atoms with van der Waals surface area (Å²) in [6, 6.07) is 4.05. The van der Waals surface area contributed by atoms with E-state index < -0.39 is 22.5 Å². The molecule has 0 aliphatic rings. The van der Waals surface area contributed by atoms with Crippen LogP contribution in [0.3, 0.4) is 0 Å². The van der Waals surface area contributed by atoms with Crippen LogP contribution in [0, 0.1) is 10.1 Å². The van der Waals surface area contributed by atoms with Crippen LogP contribution in [0.25, 0.3) is 0 Å². The molecular weight excluding hydrogens is 268 g/mol. The number of benzene rings is 1. The lowest BCUT2D eigenvalue weighted by Gasteiger charge is -2.08. The van der Waals surface area contributed by atoms with Crippen molar-refractivity contribution < 1.29 is 24.4 Å². The molecule has 0 aromatic heterocycles. The minimum Gasteiger partial charge on any atom is -0.477 e. The second kappa shape index (κ2) is 7.19. The number of ether oxygens (including phenoxy) is 1. The van der Waals surface area contributed by atoms with Crippen LogP contribution < -0.4 is 5.32 Å². The molecule has 0 radical (unpaired) electrons. The van der Waals surface area contributed by atoms with Crippen molar-refractivity contribution in [2.45, 2.75) is 13.0 Å². The van der Waals surface area contributed by atoms with Gasteiger partial charge in [0.25, 0.3) is 5.69 Å².